The molecule has 1 aliphatic heterocycles. The highest BCUT2D eigenvalue weighted by Gasteiger charge is 2.34. The van der Waals surface area contributed by atoms with Gasteiger partial charge < -0.3 is 20.5 Å². The first kappa shape index (κ1) is 22.1. The summed E-state index contributed by atoms with van der Waals surface area (Å²) in [4.78, 5) is 4.64. The molecule has 0 amide bonds. The van der Waals surface area contributed by atoms with Gasteiger partial charge in [0.2, 0.25) is 10.0 Å². The number of ether oxygens (including phenoxy) is 1. The molecule has 0 radical (unpaired) electrons. The van der Waals surface area contributed by atoms with Crippen LogP contribution < -0.4 is 10.6 Å². The minimum Gasteiger partial charge on any atom is -0.396 e. The van der Waals surface area contributed by atoms with Gasteiger partial charge in [-0.3, -0.25) is 4.99 Å². The highest BCUT2D eigenvalue weighted by atomic mass is 32.2. The van der Waals surface area contributed by atoms with Gasteiger partial charge in [0.1, 0.15) is 0 Å². The van der Waals surface area contributed by atoms with Gasteiger partial charge in [0.05, 0.1) is 19.4 Å². The van der Waals surface area contributed by atoms with Crippen LogP contribution in [0.3, 0.4) is 0 Å². The topological polar surface area (TPSA) is 103 Å². The summed E-state index contributed by atoms with van der Waals surface area (Å²) >= 11 is 0. The van der Waals surface area contributed by atoms with Gasteiger partial charge in [0.15, 0.2) is 5.96 Å². The van der Waals surface area contributed by atoms with Crippen molar-refractivity contribution in [2.75, 3.05) is 58.8 Å². The molecule has 0 aromatic heterocycles. The van der Waals surface area contributed by atoms with E-state index in [1.54, 1.807) is 0 Å². The first-order chi connectivity index (χ1) is 11.9. The average Bonchev–Trinajstić information content (AvgIpc) is 3.00. The zero-order valence-corrected chi connectivity index (χ0v) is 16.6. The fourth-order valence-corrected chi connectivity index (χ4v) is 3.83. The second-order valence-corrected chi connectivity index (χ2v) is 8.49. The molecule has 0 saturated carbocycles. The van der Waals surface area contributed by atoms with Gasteiger partial charge in [-0.25, -0.2) is 12.7 Å². The Kier molecular flexibility index (Phi) is 9.70. The summed E-state index contributed by atoms with van der Waals surface area (Å²) in [6.45, 7) is 8.30. The molecule has 1 fully saturated rings. The summed E-state index contributed by atoms with van der Waals surface area (Å²) in [6, 6.07) is 0. The third-order valence-corrected chi connectivity index (χ3v) is 5.82. The molecule has 1 rings (SSSR count). The molecule has 1 aliphatic rings. The lowest BCUT2D eigenvalue weighted by Crippen LogP contribution is -2.40. The van der Waals surface area contributed by atoms with E-state index in [9.17, 15) is 13.5 Å². The monoisotopic (exact) mass is 378 g/mol. The highest BCUT2D eigenvalue weighted by molar-refractivity contribution is 7.88. The minimum absolute atomic E-state index is 0.0770. The first-order valence-corrected chi connectivity index (χ1v) is 10.9. The predicted molar refractivity (Wildman–Crippen MR) is 100 cm³/mol. The van der Waals surface area contributed by atoms with E-state index in [-0.39, 0.29) is 12.0 Å². The van der Waals surface area contributed by atoms with Crippen molar-refractivity contribution in [2.24, 2.45) is 10.4 Å². The molecule has 1 unspecified atom stereocenters. The Morgan fingerprint density at radius 3 is 2.64 bits per heavy atom. The van der Waals surface area contributed by atoms with Crippen LogP contribution in [0, 0.1) is 5.41 Å². The number of rotatable bonds is 11. The number of nitrogens with zero attached hydrogens (tertiary/aromatic N) is 2. The lowest BCUT2D eigenvalue weighted by molar-refractivity contribution is 0.131. The van der Waals surface area contributed by atoms with Crippen molar-refractivity contribution in [1.82, 2.24) is 14.9 Å². The fourth-order valence-electron chi connectivity index (χ4n) is 2.90. The van der Waals surface area contributed by atoms with Crippen molar-refractivity contribution in [3.8, 4) is 0 Å². The van der Waals surface area contributed by atoms with Gasteiger partial charge in [0.25, 0.3) is 0 Å². The van der Waals surface area contributed by atoms with Crippen LogP contribution in [-0.4, -0.2) is 82.6 Å². The summed E-state index contributed by atoms with van der Waals surface area (Å²) in [5, 5.41) is 15.7. The van der Waals surface area contributed by atoms with Crippen LogP contribution in [0.4, 0.5) is 0 Å². The molecule has 8 nitrogen and oxygen atoms in total. The van der Waals surface area contributed by atoms with Gasteiger partial charge in [-0.1, -0.05) is 6.92 Å². The van der Waals surface area contributed by atoms with Crippen molar-refractivity contribution in [3.05, 3.63) is 0 Å². The van der Waals surface area contributed by atoms with Crippen LogP contribution in [0.2, 0.25) is 0 Å². The lowest BCUT2D eigenvalue weighted by atomic mass is 9.84. The van der Waals surface area contributed by atoms with Gasteiger partial charge in [-0.15, -0.1) is 0 Å². The van der Waals surface area contributed by atoms with E-state index in [4.69, 9.17) is 4.74 Å². The zero-order chi connectivity index (χ0) is 18.8. The largest absolute Gasteiger partial charge is 0.396 e. The van der Waals surface area contributed by atoms with E-state index in [2.05, 4.69) is 15.6 Å². The van der Waals surface area contributed by atoms with E-state index in [0.29, 0.717) is 51.6 Å². The van der Waals surface area contributed by atoms with Gasteiger partial charge in [-0.2, -0.15) is 0 Å². The molecule has 0 aliphatic carbocycles. The van der Waals surface area contributed by atoms with Crippen molar-refractivity contribution in [3.63, 3.8) is 0 Å². The Morgan fingerprint density at radius 1 is 1.36 bits per heavy atom. The number of aliphatic imine (C=N–C) groups is 1. The van der Waals surface area contributed by atoms with Crippen LogP contribution in [-0.2, 0) is 14.8 Å². The molecule has 3 N–H and O–H groups in total. The third kappa shape index (κ3) is 7.89. The summed E-state index contributed by atoms with van der Waals surface area (Å²) in [7, 11) is -3.14. The summed E-state index contributed by atoms with van der Waals surface area (Å²) in [6.07, 6.45) is 3.54. The van der Waals surface area contributed by atoms with Crippen LogP contribution in [0.5, 0.6) is 0 Å². The quantitative estimate of drug-likeness (QED) is 0.266. The Morgan fingerprint density at radius 2 is 2.12 bits per heavy atom. The molecule has 1 saturated heterocycles. The maximum absolute atomic E-state index is 11.6. The van der Waals surface area contributed by atoms with Gasteiger partial charge >= 0.3 is 0 Å². The maximum Gasteiger partial charge on any atom is 0.211 e. The average molecular weight is 379 g/mol. The molecule has 0 aromatic rings. The lowest BCUT2D eigenvalue weighted by Gasteiger charge is -2.25. The molecule has 0 bridgehead atoms. The highest BCUT2D eigenvalue weighted by Crippen LogP contribution is 2.32. The van der Waals surface area contributed by atoms with Crippen molar-refractivity contribution in [2.45, 2.75) is 33.1 Å². The van der Waals surface area contributed by atoms with Gasteiger partial charge in [-0.05, 0) is 26.2 Å². The predicted octanol–water partition coefficient (Wildman–Crippen LogP) is 0.00220. The van der Waals surface area contributed by atoms with Crippen molar-refractivity contribution < 1.29 is 18.3 Å². The van der Waals surface area contributed by atoms with Crippen LogP contribution in [0.1, 0.15) is 33.1 Å². The molecular formula is C16H34N4O4S. The van der Waals surface area contributed by atoms with Crippen molar-refractivity contribution >= 4 is 16.0 Å². The molecular weight excluding hydrogens is 344 g/mol. The Labute approximate surface area is 152 Å². The third-order valence-electron chi connectivity index (χ3n) is 4.44. The summed E-state index contributed by atoms with van der Waals surface area (Å²) < 4.78 is 30.1. The van der Waals surface area contributed by atoms with Crippen LogP contribution in [0.15, 0.2) is 4.99 Å². The van der Waals surface area contributed by atoms with Crippen LogP contribution >= 0.6 is 0 Å². The minimum atomic E-state index is -3.14. The standard InChI is InChI=1S/C16H34N4O4S/c1-4-17-15(18-9-6-10-20(5-2)25(3,22)23)19-13-16(7-11-21)8-12-24-14-16/h21H,4-14H2,1-3H3,(H2,17,18,19). The molecule has 9 heteroatoms. The zero-order valence-electron chi connectivity index (χ0n) is 15.8. The first-order valence-electron chi connectivity index (χ1n) is 9.03. The summed E-state index contributed by atoms with van der Waals surface area (Å²) in [5.74, 6) is 0.717. The van der Waals surface area contributed by atoms with E-state index in [0.717, 1.165) is 19.6 Å². The number of nitrogens with one attached hydrogen (secondary N) is 2. The molecule has 0 aromatic carbocycles. The Bertz CT molecular complexity index is 504. The van der Waals surface area contributed by atoms with Crippen LogP contribution in [0.25, 0.3) is 0 Å². The Balaban J connectivity index is 2.50. The second kappa shape index (κ2) is 10.9. The number of aliphatic hydroxyl groups excluding tert-OH is 1. The van der Waals surface area contributed by atoms with E-state index >= 15 is 0 Å². The molecule has 1 atom stereocenters. The molecule has 0 spiro atoms. The summed E-state index contributed by atoms with van der Waals surface area (Å²) in [5.41, 5.74) is -0.0770. The number of hydrogen-bond acceptors (Lipinski definition) is 5. The fraction of sp³-hybridized carbons (Fsp3) is 0.938. The Hall–Kier alpha value is -0.900. The molecule has 25 heavy (non-hydrogen) atoms. The number of hydrogen-bond donors (Lipinski definition) is 3. The van der Waals surface area contributed by atoms with E-state index < -0.39 is 10.0 Å². The second-order valence-electron chi connectivity index (χ2n) is 6.51. The number of guanidine groups is 1. The smallest absolute Gasteiger partial charge is 0.211 e. The molecule has 148 valence electrons. The van der Waals surface area contributed by atoms with Crippen molar-refractivity contribution in [1.29, 1.82) is 0 Å². The van der Waals surface area contributed by atoms with E-state index in [1.807, 2.05) is 13.8 Å². The maximum atomic E-state index is 11.6. The number of aliphatic hydroxyl groups is 1. The van der Waals surface area contributed by atoms with E-state index in [1.165, 1.54) is 10.6 Å². The SMILES string of the molecule is CCNC(=NCC1(CCO)CCOC1)NCCCN(CC)S(C)(=O)=O. The normalized spacial score (nSPS) is 21.7. The number of sulfonamides is 1. The molecule has 1 heterocycles. The van der Waals surface area contributed by atoms with Gasteiger partial charge in [0, 0.05) is 44.8 Å².